The number of hydrogen-bond acceptors (Lipinski definition) is 9. The zero-order valence-corrected chi connectivity index (χ0v) is 19.2. The summed E-state index contributed by atoms with van der Waals surface area (Å²) in [7, 11) is 0. The fourth-order valence-corrected chi connectivity index (χ4v) is 3.56. The van der Waals surface area contributed by atoms with Gasteiger partial charge in [-0.2, -0.15) is 0 Å². The predicted octanol–water partition coefficient (Wildman–Crippen LogP) is 0.553. The van der Waals surface area contributed by atoms with Crippen molar-refractivity contribution in [3.05, 3.63) is 29.3 Å². The molecule has 0 aliphatic carbocycles. The lowest BCUT2D eigenvalue weighted by molar-refractivity contribution is -0.136. The number of hydrogen-bond donors (Lipinski definition) is 1. The van der Waals surface area contributed by atoms with Crippen LogP contribution in [0.15, 0.2) is 18.2 Å². The Morgan fingerprint density at radius 3 is 2.03 bits per heavy atom. The minimum Gasteiger partial charge on any atom is -0.491 e. The van der Waals surface area contributed by atoms with Gasteiger partial charge in [0.1, 0.15) is 18.4 Å². The number of amides is 4. The van der Waals surface area contributed by atoms with E-state index in [9.17, 15) is 19.2 Å². The second kappa shape index (κ2) is 13.1. The van der Waals surface area contributed by atoms with E-state index in [1.165, 1.54) is 12.1 Å². The van der Waals surface area contributed by atoms with E-state index >= 15 is 0 Å². The van der Waals surface area contributed by atoms with Crippen LogP contribution < -0.4 is 10.1 Å². The quantitative estimate of drug-likeness (QED) is 0.284. The third-order valence-electron chi connectivity index (χ3n) is 5.23. The van der Waals surface area contributed by atoms with E-state index in [0.717, 1.165) is 4.90 Å². The number of piperidine rings is 1. The third kappa shape index (κ3) is 6.83. The summed E-state index contributed by atoms with van der Waals surface area (Å²) in [4.78, 5) is 49.9. The van der Waals surface area contributed by atoms with Gasteiger partial charge in [0.05, 0.1) is 57.4 Å². The van der Waals surface area contributed by atoms with E-state index in [1.807, 2.05) is 6.92 Å². The third-order valence-corrected chi connectivity index (χ3v) is 5.23. The highest BCUT2D eigenvalue weighted by molar-refractivity contribution is 6.23. The first-order chi connectivity index (χ1) is 16.5. The van der Waals surface area contributed by atoms with Crippen LogP contribution in [0.3, 0.4) is 0 Å². The van der Waals surface area contributed by atoms with Gasteiger partial charge >= 0.3 is 0 Å². The monoisotopic (exact) mass is 478 g/mol. The number of rotatable bonds is 15. The van der Waals surface area contributed by atoms with Crippen molar-refractivity contribution >= 4 is 23.6 Å². The molecule has 2 heterocycles. The van der Waals surface area contributed by atoms with Crippen LogP contribution in [0.4, 0.5) is 0 Å². The molecule has 0 radical (unpaired) electrons. The smallest absolute Gasteiger partial charge is 0.262 e. The van der Waals surface area contributed by atoms with Gasteiger partial charge in [-0.05, 0) is 31.5 Å². The van der Waals surface area contributed by atoms with Gasteiger partial charge in [-0.3, -0.25) is 29.4 Å². The number of fused-ring (bicyclic) bond motifs is 1. The largest absolute Gasteiger partial charge is 0.491 e. The molecule has 1 saturated heterocycles. The molecule has 1 fully saturated rings. The molecular weight excluding hydrogens is 448 g/mol. The molecule has 0 aromatic heterocycles. The zero-order valence-electron chi connectivity index (χ0n) is 19.2. The highest BCUT2D eigenvalue weighted by atomic mass is 16.6. The predicted molar refractivity (Wildman–Crippen MR) is 118 cm³/mol. The number of carbonyl (C=O) groups is 4. The Balaban J connectivity index is 1.34. The van der Waals surface area contributed by atoms with Crippen LogP contribution in [0.1, 0.15) is 40.5 Å². The molecule has 4 amide bonds. The molecule has 1 aromatic carbocycles. The maximum Gasteiger partial charge on any atom is 0.262 e. The van der Waals surface area contributed by atoms with Crippen LogP contribution in [0, 0.1) is 0 Å². The highest BCUT2D eigenvalue weighted by Gasteiger charge is 2.44. The lowest BCUT2D eigenvalue weighted by Gasteiger charge is -2.27. The molecule has 0 spiro atoms. The zero-order chi connectivity index (χ0) is 24.3. The molecule has 11 heteroatoms. The number of ether oxygens (including phenoxy) is 5. The second-order valence-electron chi connectivity index (χ2n) is 7.54. The summed E-state index contributed by atoms with van der Waals surface area (Å²) in [6, 6.07) is 3.58. The van der Waals surface area contributed by atoms with Crippen LogP contribution in [0.5, 0.6) is 5.75 Å². The molecule has 0 saturated carbocycles. The first-order valence-corrected chi connectivity index (χ1v) is 11.3. The normalized spacial score (nSPS) is 17.8. The Kier molecular flexibility index (Phi) is 9.95. The van der Waals surface area contributed by atoms with Crippen LogP contribution >= 0.6 is 0 Å². The van der Waals surface area contributed by atoms with Crippen molar-refractivity contribution in [1.29, 1.82) is 0 Å². The minimum atomic E-state index is -0.994. The second-order valence-corrected chi connectivity index (χ2v) is 7.54. The summed E-state index contributed by atoms with van der Waals surface area (Å²) in [5, 5.41) is 2.17. The Bertz CT molecular complexity index is 889. The Hall–Kier alpha value is -2.86. The molecule has 1 atom stereocenters. The topological polar surface area (TPSA) is 130 Å². The number of nitrogens with one attached hydrogen (secondary N) is 1. The van der Waals surface area contributed by atoms with E-state index in [4.69, 9.17) is 23.7 Å². The van der Waals surface area contributed by atoms with Gasteiger partial charge in [0, 0.05) is 13.0 Å². The van der Waals surface area contributed by atoms with Crippen molar-refractivity contribution in [2.24, 2.45) is 0 Å². The van der Waals surface area contributed by atoms with Gasteiger partial charge in [-0.25, -0.2) is 0 Å². The average molecular weight is 478 g/mol. The van der Waals surface area contributed by atoms with E-state index in [-0.39, 0.29) is 30.6 Å². The lowest BCUT2D eigenvalue weighted by Crippen LogP contribution is -2.54. The number of benzene rings is 1. The van der Waals surface area contributed by atoms with Gasteiger partial charge in [0.2, 0.25) is 11.8 Å². The molecule has 0 bridgehead atoms. The molecule has 1 aromatic rings. The molecule has 11 nitrogen and oxygen atoms in total. The SMILES string of the molecule is CCOCCOCCOCCOCCOc1ccc2c(c1)C(=O)N(C1CCC(=O)NC1=O)C2=O. The molecular formula is C23H30N2O9. The van der Waals surface area contributed by atoms with Crippen molar-refractivity contribution in [2.45, 2.75) is 25.8 Å². The maximum atomic E-state index is 12.8. The number of imide groups is 2. The van der Waals surface area contributed by atoms with E-state index in [0.29, 0.717) is 58.6 Å². The van der Waals surface area contributed by atoms with Gasteiger partial charge in [-0.1, -0.05) is 0 Å². The highest BCUT2D eigenvalue weighted by Crippen LogP contribution is 2.30. The van der Waals surface area contributed by atoms with E-state index in [2.05, 4.69) is 5.32 Å². The van der Waals surface area contributed by atoms with Crippen LogP contribution in [0.2, 0.25) is 0 Å². The summed E-state index contributed by atoms with van der Waals surface area (Å²) in [6.07, 6.45) is 0.187. The summed E-state index contributed by atoms with van der Waals surface area (Å²) >= 11 is 0. The number of carbonyl (C=O) groups excluding carboxylic acids is 4. The fraction of sp³-hybridized carbons (Fsp3) is 0.565. The van der Waals surface area contributed by atoms with Crippen LogP contribution in [-0.4, -0.2) is 94.0 Å². The molecule has 186 valence electrons. The molecule has 1 unspecified atom stereocenters. The average Bonchev–Trinajstić information content (AvgIpc) is 3.06. The van der Waals surface area contributed by atoms with E-state index in [1.54, 1.807) is 6.07 Å². The summed E-state index contributed by atoms with van der Waals surface area (Å²) in [6.45, 7) is 6.10. The van der Waals surface area contributed by atoms with Crippen molar-refractivity contribution in [3.8, 4) is 5.75 Å². The van der Waals surface area contributed by atoms with Gasteiger partial charge < -0.3 is 23.7 Å². The first-order valence-electron chi connectivity index (χ1n) is 11.3. The summed E-state index contributed by atoms with van der Waals surface area (Å²) < 4.78 is 27.0. The van der Waals surface area contributed by atoms with Crippen molar-refractivity contribution < 1.29 is 42.9 Å². The van der Waals surface area contributed by atoms with E-state index < -0.39 is 29.7 Å². The minimum absolute atomic E-state index is 0.0749. The molecule has 3 rings (SSSR count). The maximum absolute atomic E-state index is 12.8. The Labute approximate surface area is 197 Å². The molecule has 1 N–H and O–H groups in total. The fourth-order valence-electron chi connectivity index (χ4n) is 3.56. The lowest BCUT2D eigenvalue weighted by atomic mass is 10.0. The van der Waals surface area contributed by atoms with Gasteiger partial charge in [0.25, 0.3) is 11.8 Å². The summed E-state index contributed by atoms with van der Waals surface area (Å²) in [5.41, 5.74) is 0.377. The summed E-state index contributed by atoms with van der Waals surface area (Å²) in [5.74, 6) is -1.77. The molecule has 2 aliphatic heterocycles. The molecule has 34 heavy (non-hydrogen) atoms. The van der Waals surface area contributed by atoms with Crippen LogP contribution in [-0.2, 0) is 28.5 Å². The Morgan fingerprint density at radius 2 is 1.41 bits per heavy atom. The van der Waals surface area contributed by atoms with Crippen molar-refractivity contribution in [2.75, 3.05) is 59.5 Å². The standard InChI is InChI=1S/C23H30N2O9/c1-2-30-7-8-31-9-10-32-11-12-33-13-14-34-16-3-4-17-18(15-16)23(29)25(22(17)28)19-5-6-20(26)24-21(19)27/h3-4,15,19H,2,5-14H2,1H3,(H,24,26,27). The molecule has 2 aliphatic rings. The van der Waals surface area contributed by atoms with Crippen molar-refractivity contribution in [1.82, 2.24) is 10.2 Å². The Morgan fingerprint density at radius 1 is 0.824 bits per heavy atom. The van der Waals surface area contributed by atoms with Gasteiger partial charge in [-0.15, -0.1) is 0 Å². The number of nitrogens with zero attached hydrogens (tertiary/aromatic N) is 1. The first kappa shape index (κ1) is 25.8. The van der Waals surface area contributed by atoms with Crippen LogP contribution in [0.25, 0.3) is 0 Å². The van der Waals surface area contributed by atoms with Crippen molar-refractivity contribution in [3.63, 3.8) is 0 Å². The van der Waals surface area contributed by atoms with Gasteiger partial charge in [0.15, 0.2) is 0 Å².